The fourth-order valence-electron chi connectivity index (χ4n) is 3.41. The number of ether oxygens (including phenoxy) is 2. The number of hydrogen-bond donors (Lipinski definition) is 2. The van der Waals surface area contributed by atoms with Crippen LogP contribution in [0.4, 0.5) is 5.69 Å². The third-order valence-electron chi connectivity index (χ3n) is 4.95. The SMILES string of the molecule is Cc1cc(C)n(CCCNC(=O)c2cccnc2SCC(=O)Nc2ccc3c(c2)OCO3)n1. The number of fused-ring (bicyclic) bond motifs is 1. The molecule has 2 aromatic heterocycles. The highest BCUT2D eigenvalue weighted by Gasteiger charge is 2.16. The Hall–Kier alpha value is -3.53. The molecule has 0 bridgehead atoms. The van der Waals surface area contributed by atoms with E-state index in [0.29, 0.717) is 34.3 Å². The first-order valence-corrected chi connectivity index (χ1v) is 11.5. The Balaban J connectivity index is 1.27. The van der Waals surface area contributed by atoms with Crippen LogP contribution in [0.2, 0.25) is 0 Å². The number of anilines is 1. The first kappa shape index (κ1) is 22.7. The Labute approximate surface area is 195 Å². The number of rotatable bonds is 9. The zero-order chi connectivity index (χ0) is 23.2. The van der Waals surface area contributed by atoms with E-state index in [0.717, 1.165) is 24.4 Å². The average molecular weight is 468 g/mol. The number of benzene rings is 1. The monoisotopic (exact) mass is 467 g/mol. The molecule has 2 N–H and O–H groups in total. The minimum Gasteiger partial charge on any atom is -0.454 e. The summed E-state index contributed by atoms with van der Waals surface area (Å²) in [5.41, 5.74) is 3.15. The molecule has 0 aliphatic carbocycles. The first-order valence-electron chi connectivity index (χ1n) is 10.6. The summed E-state index contributed by atoms with van der Waals surface area (Å²) in [5.74, 6) is 0.947. The minimum atomic E-state index is -0.213. The molecule has 0 saturated heterocycles. The van der Waals surface area contributed by atoms with Gasteiger partial charge in [-0.2, -0.15) is 5.10 Å². The van der Waals surface area contributed by atoms with Gasteiger partial charge in [0, 0.05) is 36.7 Å². The summed E-state index contributed by atoms with van der Waals surface area (Å²) in [6, 6.07) is 10.7. The molecule has 3 heterocycles. The number of hydrogen-bond acceptors (Lipinski definition) is 7. The average Bonchev–Trinajstić information content (AvgIpc) is 3.40. The van der Waals surface area contributed by atoms with Gasteiger partial charge in [-0.3, -0.25) is 14.3 Å². The molecule has 0 unspecified atom stereocenters. The predicted molar refractivity (Wildman–Crippen MR) is 125 cm³/mol. The second-order valence-electron chi connectivity index (χ2n) is 7.52. The number of carbonyl (C=O) groups excluding carboxylic acids is 2. The number of pyridine rings is 1. The lowest BCUT2D eigenvalue weighted by molar-refractivity contribution is -0.113. The lowest BCUT2D eigenvalue weighted by Gasteiger charge is -2.10. The van der Waals surface area contributed by atoms with Crippen LogP contribution < -0.4 is 20.1 Å². The molecule has 4 rings (SSSR count). The van der Waals surface area contributed by atoms with Gasteiger partial charge in [-0.05, 0) is 50.6 Å². The maximum Gasteiger partial charge on any atom is 0.254 e. The number of amides is 2. The Morgan fingerprint density at radius 3 is 2.82 bits per heavy atom. The van der Waals surface area contributed by atoms with Gasteiger partial charge in [0.05, 0.1) is 17.0 Å². The lowest BCUT2D eigenvalue weighted by Crippen LogP contribution is -2.26. The highest BCUT2D eigenvalue weighted by molar-refractivity contribution is 8.00. The molecule has 0 radical (unpaired) electrons. The van der Waals surface area contributed by atoms with Crippen LogP contribution in [-0.2, 0) is 11.3 Å². The molecule has 10 heteroatoms. The third kappa shape index (κ3) is 5.83. The van der Waals surface area contributed by atoms with Crippen LogP contribution in [0.3, 0.4) is 0 Å². The van der Waals surface area contributed by atoms with E-state index in [9.17, 15) is 9.59 Å². The summed E-state index contributed by atoms with van der Waals surface area (Å²) < 4.78 is 12.5. The zero-order valence-electron chi connectivity index (χ0n) is 18.5. The summed E-state index contributed by atoms with van der Waals surface area (Å²) in [7, 11) is 0. The van der Waals surface area contributed by atoms with Crippen LogP contribution in [-0.4, -0.2) is 45.7 Å². The second kappa shape index (κ2) is 10.4. The summed E-state index contributed by atoms with van der Waals surface area (Å²) in [6.07, 6.45) is 2.37. The molecule has 0 atom stereocenters. The highest BCUT2D eigenvalue weighted by atomic mass is 32.2. The van der Waals surface area contributed by atoms with Crippen molar-refractivity contribution in [3.8, 4) is 11.5 Å². The van der Waals surface area contributed by atoms with Gasteiger partial charge in [-0.25, -0.2) is 4.98 Å². The van der Waals surface area contributed by atoms with Crippen molar-refractivity contribution in [2.75, 3.05) is 24.4 Å². The van der Waals surface area contributed by atoms with Gasteiger partial charge < -0.3 is 20.1 Å². The van der Waals surface area contributed by atoms with E-state index >= 15 is 0 Å². The van der Waals surface area contributed by atoms with E-state index in [1.54, 1.807) is 36.5 Å². The molecule has 0 spiro atoms. The normalized spacial score (nSPS) is 11.9. The van der Waals surface area contributed by atoms with Crippen LogP contribution in [0, 0.1) is 13.8 Å². The minimum absolute atomic E-state index is 0.115. The lowest BCUT2D eigenvalue weighted by atomic mass is 10.2. The molecule has 1 aromatic carbocycles. The Morgan fingerprint density at radius 2 is 2.00 bits per heavy atom. The van der Waals surface area contributed by atoms with Gasteiger partial charge in [0.2, 0.25) is 12.7 Å². The van der Waals surface area contributed by atoms with E-state index < -0.39 is 0 Å². The van der Waals surface area contributed by atoms with Gasteiger partial charge >= 0.3 is 0 Å². The summed E-state index contributed by atoms with van der Waals surface area (Å²) in [4.78, 5) is 29.4. The largest absolute Gasteiger partial charge is 0.454 e. The quantitative estimate of drug-likeness (QED) is 0.368. The van der Waals surface area contributed by atoms with Crippen molar-refractivity contribution in [2.24, 2.45) is 0 Å². The Bertz CT molecular complexity index is 1160. The van der Waals surface area contributed by atoms with E-state index in [1.165, 1.54) is 11.8 Å². The van der Waals surface area contributed by atoms with Crippen LogP contribution in [0.5, 0.6) is 11.5 Å². The van der Waals surface area contributed by atoms with Crippen LogP contribution >= 0.6 is 11.8 Å². The smallest absolute Gasteiger partial charge is 0.254 e. The second-order valence-corrected chi connectivity index (χ2v) is 8.48. The van der Waals surface area contributed by atoms with Crippen LogP contribution in [0.25, 0.3) is 0 Å². The fourth-order valence-corrected chi connectivity index (χ4v) is 4.20. The topological polar surface area (TPSA) is 107 Å². The van der Waals surface area contributed by atoms with Crippen LogP contribution in [0.1, 0.15) is 28.2 Å². The first-order chi connectivity index (χ1) is 16.0. The molecule has 3 aromatic rings. The standard InChI is InChI=1S/C23H25N5O4S/c1-15-11-16(2)28(27-15)10-4-9-24-22(30)18-5-3-8-25-23(18)33-13-21(29)26-17-6-7-19-20(12-17)32-14-31-19/h3,5-8,11-12H,4,9-10,13-14H2,1-2H3,(H,24,30)(H,26,29). The van der Waals surface area contributed by atoms with Gasteiger partial charge in [-0.15, -0.1) is 0 Å². The highest BCUT2D eigenvalue weighted by Crippen LogP contribution is 2.34. The van der Waals surface area contributed by atoms with Gasteiger partial charge in [-0.1, -0.05) is 11.8 Å². The summed E-state index contributed by atoms with van der Waals surface area (Å²) >= 11 is 1.21. The molecule has 9 nitrogen and oxygen atoms in total. The Kier molecular flexibility index (Phi) is 7.13. The number of aromatic nitrogens is 3. The molecular formula is C23H25N5O4S. The molecule has 0 fully saturated rings. The number of thioether (sulfide) groups is 1. The molecule has 1 aliphatic heterocycles. The van der Waals surface area contributed by atoms with Crippen molar-refractivity contribution in [3.63, 3.8) is 0 Å². The van der Waals surface area contributed by atoms with Gasteiger partial charge in [0.15, 0.2) is 11.5 Å². The number of aryl methyl sites for hydroxylation is 3. The maximum atomic E-state index is 12.7. The molecule has 1 aliphatic rings. The van der Waals surface area contributed by atoms with E-state index in [-0.39, 0.29) is 24.4 Å². The molecular weight excluding hydrogens is 442 g/mol. The summed E-state index contributed by atoms with van der Waals surface area (Å²) in [5, 5.41) is 10.7. The zero-order valence-corrected chi connectivity index (χ0v) is 19.3. The van der Waals surface area contributed by atoms with Gasteiger partial charge in [0.1, 0.15) is 5.03 Å². The van der Waals surface area contributed by atoms with Crippen molar-refractivity contribution in [1.82, 2.24) is 20.1 Å². The van der Waals surface area contributed by atoms with Crippen LogP contribution in [0.15, 0.2) is 47.6 Å². The van der Waals surface area contributed by atoms with Crippen molar-refractivity contribution < 1.29 is 19.1 Å². The van der Waals surface area contributed by atoms with Crippen molar-refractivity contribution in [2.45, 2.75) is 31.8 Å². The number of carbonyl (C=O) groups is 2. The van der Waals surface area contributed by atoms with E-state index in [2.05, 4.69) is 20.7 Å². The predicted octanol–water partition coefficient (Wildman–Crippen LogP) is 3.17. The molecule has 172 valence electrons. The van der Waals surface area contributed by atoms with Crippen molar-refractivity contribution in [3.05, 3.63) is 59.5 Å². The fraction of sp³-hybridized carbons (Fsp3) is 0.304. The van der Waals surface area contributed by atoms with E-state index in [1.807, 2.05) is 24.6 Å². The maximum absolute atomic E-state index is 12.7. The number of nitrogens with one attached hydrogen (secondary N) is 2. The molecule has 0 saturated carbocycles. The Morgan fingerprint density at radius 1 is 1.15 bits per heavy atom. The van der Waals surface area contributed by atoms with Crippen molar-refractivity contribution in [1.29, 1.82) is 0 Å². The van der Waals surface area contributed by atoms with E-state index in [4.69, 9.17) is 9.47 Å². The van der Waals surface area contributed by atoms with Crippen molar-refractivity contribution >= 4 is 29.3 Å². The summed E-state index contributed by atoms with van der Waals surface area (Å²) in [6.45, 7) is 5.40. The van der Waals surface area contributed by atoms with Gasteiger partial charge in [0.25, 0.3) is 5.91 Å². The molecule has 2 amide bonds. The third-order valence-corrected chi connectivity index (χ3v) is 5.95. The molecule has 33 heavy (non-hydrogen) atoms. The number of nitrogens with zero attached hydrogens (tertiary/aromatic N) is 3.